The van der Waals surface area contributed by atoms with Gasteiger partial charge in [-0.2, -0.15) is 0 Å². The molecule has 0 aliphatic rings. The highest BCUT2D eigenvalue weighted by molar-refractivity contribution is 5.71. The van der Waals surface area contributed by atoms with E-state index in [9.17, 15) is 14.4 Å². The van der Waals surface area contributed by atoms with Gasteiger partial charge < -0.3 is 14.2 Å². The summed E-state index contributed by atoms with van der Waals surface area (Å²) in [5, 5.41) is 0. The van der Waals surface area contributed by atoms with Gasteiger partial charge in [0.25, 0.3) is 0 Å². The van der Waals surface area contributed by atoms with Crippen LogP contribution in [-0.2, 0) is 28.6 Å². The summed E-state index contributed by atoms with van der Waals surface area (Å²) in [7, 11) is 0. The van der Waals surface area contributed by atoms with Gasteiger partial charge in [-0.15, -0.1) is 0 Å². The molecule has 0 aromatic heterocycles. The van der Waals surface area contributed by atoms with Crippen molar-refractivity contribution in [3.05, 3.63) is 48.6 Å². The molecule has 0 aliphatic heterocycles. The van der Waals surface area contributed by atoms with Crippen LogP contribution in [0.1, 0.15) is 220 Å². The van der Waals surface area contributed by atoms with Crippen LogP contribution >= 0.6 is 0 Å². The van der Waals surface area contributed by atoms with E-state index in [-0.39, 0.29) is 31.1 Å². The van der Waals surface area contributed by atoms with Crippen LogP contribution < -0.4 is 0 Å². The minimum Gasteiger partial charge on any atom is -0.462 e. The first kappa shape index (κ1) is 51.4. The second-order valence-corrected chi connectivity index (χ2v) is 15.0. The molecule has 54 heavy (non-hydrogen) atoms. The molecule has 0 rings (SSSR count). The fourth-order valence-electron chi connectivity index (χ4n) is 6.17. The van der Waals surface area contributed by atoms with Crippen molar-refractivity contribution < 1.29 is 28.6 Å². The molecule has 312 valence electrons. The minimum atomic E-state index is -0.780. The molecule has 0 saturated carbocycles. The van der Waals surface area contributed by atoms with E-state index < -0.39 is 6.10 Å². The predicted octanol–water partition coefficient (Wildman–Crippen LogP) is 14.4. The van der Waals surface area contributed by atoms with E-state index >= 15 is 0 Å². The fourth-order valence-corrected chi connectivity index (χ4v) is 6.17. The number of carbonyl (C=O) groups excluding carboxylic acids is 3. The molecule has 0 amide bonds. The molecule has 0 saturated heterocycles. The highest BCUT2D eigenvalue weighted by Crippen LogP contribution is 2.14. The van der Waals surface area contributed by atoms with Gasteiger partial charge in [0, 0.05) is 19.3 Å². The zero-order chi connectivity index (χ0) is 39.4. The van der Waals surface area contributed by atoms with Gasteiger partial charge in [-0.1, -0.05) is 179 Å². The van der Waals surface area contributed by atoms with Gasteiger partial charge in [0.05, 0.1) is 0 Å². The molecule has 0 aliphatic carbocycles. The summed E-state index contributed by atoms with van der Waals surface area (Å²) in [6, 6.07) is 0. The summed E-state index contributed by atoms with van der Waals surface area (Å²) in [6.07, 6.45) is 49.5. The topological polar surface area (TPSA) is 78.9 Å². The van der Waals surface area contributed by atoms with Crippen molar-refractivity contribution in [2.24, 2.45) is 0 Å². The Bertz CT molecular complexity index is 964. The van der Waals surface area contributed by atoms with Crippen molar-refractivity contribution in [2.75, 3.05) is 13.2 Å². The Balaban J connectivity index is 4.38. The maximum Gasteiger partial charge on any atom is 0.306 e. The van der Waals surface area contributed by atoms with Gasteiger partial charge in [0.2, 0.25) is 0 Å². The molecule has 0 bridgehead atoms. The number of carbonyl (C=O) groups is 3. The maximum atomic E-state index is 12.7. The Hall–Kier alpha value is -2.63. The van der Waals surface area contributed by atoms with E-state index in [0.717, 1.165) is 96.3 Å². The Morgan fingerprint density at radius 2 is 0.778 bits per heavy atom. The lowest BCUT2D eigenvalue weighted by molar-refractivity contribution is -0.167. The fraction of sp³-hybridized carbons (Fsp3) is 0.771. The molecule has 0 spiro atoms. The second-order valence-electron chi connectivity index (χ2n) is 15.0. The average Bonchev–Trinajstić information content (AvgIpc) is 3.17. The van der Waals surface area contributed by atoms with Crippen LogP contribution in [0.15, 0.2) is 48.6 Å². The number of ether oxygens (including phenoxy) is 3. The van der Waals surface area contributed by atoms with Crippen LogP contribution in [0.5, 0.6) is 0 Å². The number of hydrogen-bond acceptors (Lipinski definition) is 6. The standard InChI is InChI=1S/C48H84O6/c1-4-7-10-13-16-19-21-23-24-25-27-29-32-35-38-41-47(50)53-44-45(43-52-46(49)40-37-34-31-28-18-15-12-9-6-3)54-48(51)42-39-36-33-30-26-22-20-17-14-11-8-5-2/h8,11,16-17,19-21,23,45H,4-7,9-10,12-15,18,22,24-44H2,1-3H3/b11-8-,19-16-,20-17-,23-21-. The summed E-state index contributed by atoms with van der Waals surface area (Å²) in [5.74, 6) is -0.913. The number of allylic oxidation sites excluding steroid dienone is 8. The molecule has 0 aromatic rings. The van der Waals surface area contributed by atoms with Crippen LogP contribution in [0, 0.1) is 0 Å². The zero-order valence-electron chi connectivity index (χ0n) is 35.5. The Kier molecular flexibility index (Phi) is 41.0. The van der Waals surface area contributed by atoms with Crippen LogP contribution in [0.25, 0.3) is 0 Å². The van der Waals surface area contributed by atoms with Crippen LogP contribution in [0.4, 0.5) is 0 Å². The summed E-state index contributed by atoms with van der Waals surface area (Å²) < 4.78 is 16.7. The number of rotatable bonds is 40. The molecular weight excluding hydrogens is 673 g/mol. The normalized spacial score (nSPS) is 12.4. The summed E-state index contributed by atoms with van der Waals surface area (Å²) in [5.41, 5.74) is 0. The van der Waals surface area contributed by atoms with Crippen molar-refractivity contribution in [3.8, 4) is 0 Å². The van der Waals surface area contributed by atoms with Crippen molar-refractivity contribution in [1.82, 2.24) is 0 Å². The lowest BCUT2D eigenvalue weighted by atomic mass is 10.1. The summed E-state index contributed by atoms with van der Waals surface area (Å²) >= 11 is 0. The smallest absolute Gasteiger partial charge is 0.306 e. The van der Waals surface area contributed by atoms with Gasteiger partial charge in [0.1, 0.15) is 13.2 Å². The zero-order valence-corrected chi connectivity index (χ0v) is 35.5. The predicted molar refractivity (Wildman–Crippen MR) is 229 cm³/mol. The molecule has 1 unspecified atom stereocenters. The van der Waals surface area contributed by atoms with Crippen molar-refractivity contribution in [1.29, 1.82) is 0 Å². The third-order valence-electron chi connectivity index (χ3n) is 9.60. The van der Waals surface area contributed by atoms with E-state index in [1.807, 2.05) is 0 Å². The Morgan fingerprint density at radius 1 is 0.407 bits per heavy atom. The molecule has 0 fully saturated rings. The van der Waals surface area contributed by atoms with E-state index in [2.05, 4.69) is 69.4 Å². The average molecular weight is 757 g/mol. The van der Waals surface area contributed by atoms with Gasteiger partial charge in [-0.3, -0.25) is 14.4 Å². The Labute approximate surface area is 333 Å². The molecule has 0 N–H and O–H groups in total. The molecule has 6 heteroatoms. The number of hydrogen-bond donors (Lipinski definition) is 0. The van der Waals surface area contributed by atoms with Crippen molar-refractivity contribution in [2.45, 2.75) is 226 Å². The molecule has 0 aromatic carbocycles. The van der Waals surface area contributed by atoms with Crippen LogP contribution in [0.2, 0.25) is 0 Å². The highest BCUT2D eigenvalue weighted by Gasteiger charge is 2.19. The first-order chi connectivity index (χ1) is 26.5. The minimum absolute atomic E-state index is 0.0819. The third kappa shape index (κ3) is 40.6. The SMILES string of the molecule is CC/C=C\C/C=C\CCCCCCCC(=O)OC(COC(=O)CCCCCCCC/C=C\C=C/CCCCC)COC(=O)CCCCCCCCCCC. The maximum absolute atomic E-state index is 12.7. The van der Waals surface area contributed by atoms with E-state index in [0.29, 0.717) is 19.3 Å². The van der Waals surface area contributed by atoms with Crippen molar-refractivity contribution >= 4 is 17.9 Å². The van der Waals surface area contributed by atoms with Crippen LogP contribution in [0.3, 0.4) is 0 Å². The lowest BCUT2D eigenvalue weighted by Crippen LogP contribution is -2.30. The summed E-state index contributed by atoms with van der Waals surface area (Å²) in [4.78, 5) is 37.7. The number of unbranched alkanes of at least 4 members (excludes halogenated alkanes) is 22. The second kappa shape index (κ2) is 43.1. The molecule has 0 heterocycles. The van der Waals surface area contributed by atoms with E-state index in [1.54, 1.807) is 0 Å². The largest absolute Gasteiger partial charge is 0.462 e. The first-order valence-electron chi connectivity index (χ1n) is 22.7. The van der Waals surface area contributed by atoms with Gasteiger partial charge in [-0.25, -0.2) is 0 Å². The third-order valence-corrected chi connectivity index (χ3v) is 9.60. The first-order valence-corrected chi connectivity index (χ1v) is 22.7. The Morgan fingerprint density at radius 3 is 1.26 bits per heavy atom. The number of esters is 3. The molecular formula is C48H84O6. The quantitative estimate of drug-likeness (QED) is 0.0204. The molecule has 6 nitrogen and oxygen atoms in total. The molecule has 1 atom stereocenters. The lowest BCUT2D eigenvalue weighted by Gasteiger charge is -2.18. The van der Waals surface area contributed by atoms with Crippen molar-refractivity contribution in [3.63, 3.8) is 0 Å². The van der Waals surface area contributed by atoms with Gasteiger partial charge >= 0.3 is 17.9 Å². The van der Waals surface area contributed by atoms with E-state index in [4.69, 9.17) is 14.2 Å². The molecule has 0 radical (unpaired) electrons. The van der Waals surface area contributed by atoms with Crippen LogP contribution in [-0.4, -0.2) is 37.2 Å². The van der Waals surface area contributed by atoms with Gasteiger partial charge in [0.15, 0.2) is 6.10 Å². The summed E-state index contributed by atoms with van der Waals surface area (Å²) in [6.45, 7) is 6.44. The highest BCUT2D eigenvalue weighted by atomic mass is 16.6. The monoisotopic (exact) mass is 757 g/mol. The van der Waals surface area contributed by atoms with Gasteiger partial charge in [-0.05, 0) is 70.6 Å². The van der Waals surface area contributed by atoms with E-state index in [1.165, 1.54) is 83.5 Å².